The number of benzene rings is 2. The van der Waals surface area contributed by atoms with Gasteiger partial charge in [0.25, 0.3) is 0 Å². The van der Waals surface area contributed by atoms with E-state index in [1.54, 1.807) is 0 Å². The van der Waals surface area contributed by atoms with E-state index in [9.17, 15) is 9.90 Å². The Morgan fingerprint density at radius 3 is 2.83 bits per heavy atom. The van der Waals surface area contributed by atoms with Gasteiger partial charge in [0.15, 0.2) is 0 Å². The van der Waals surface area contributed by atoms with Crippen LogP contribution in [0.2, 0.25) is 0 Å². The van der Waals surface area contributed by atoms with Gasteiger partial charge in [0.1, 0.15) is 5.82 Å². The predicted octanol–water partition coefficient (Wildman–Crippen LogP) is 3.54. The summed E-state index contributed by atoms with van der Waals surface area (Å²) in [4.78, 5) is 19.0. The Balaban J connectivity index is 1.81. The van der Waals surface area contributed by atoms with Gasteiger partial charge in [0, 0.05) is 18.2 Å². The van der Waals surface area contributed by atoms with Crippen molar-refractivity contribution >= 4 is 22.7 Å². The summed E-state index contributed by atoms with van der Waals surface area (Å²) in [5.74, 6) is -0.351. The third kappa shape index (κ3) is 3.69. The molecule has 0 bridgehead atoms. The van der Waals surface area contributed by atoms with Crippen LogP contribution in [0.25, 0.3) is 11.0 Å². The molecule has 2 aromatic carbocycles. The maximum atomic E-state index is 11.2. The van der Waals surface area contributed by atoms with Crippen LogP contribution in [0.4, 0.5) is 5.69 Å². The number of imidazole rings is 1. The number of para-hydroxylation sites is 2. The number of aryl methyl sites for hydroxylation is 1. The zero-order valence-electron chi connectivity index (χ0n) is 12.9. The molecule has 0 fully saturated rings. The molecule has 0 aliphatic carbocycles. The van der Waals surface area contributed by atoms with Crippen molar-refractivity contribution < 1.29 is 9.90 Å². The molecule has 0 saturated carbocycles. The molecule has 1 heterocycles. The Morgan fingerprint density at radius 1 is 1.26 bits per heavy atom. The molecular formula is C18H19N3O2. The topological polar surface area (TPSA) is 78.0 Å². The largest absolute Gasteiger partial charge is 0.481 e. The van der Waals surface area contributed by atoms with Crippen molar-refractivity contribution in [1.82, 2.24) is 9.97 Å². The van der Waals surface area contributed by atoms with Crippen LogP contribution in [0, 0.1) is 6.92 Å². The Hall–Kier alpha value is -2.82. The molecule has 5 heteroatoms. The molecule has 1 unspecified atom stereocenters. The van der Waals surface area contributed by atoms with Crippen molar-refractivity contribution in [2.24, 2.45) is 0 Å². The van der Waals surface area contributed by atoms with Crippen LogP contribution in [0.15, 0.2) is 48.5 Å². The molecular weight excluding hydrogens is 290 g/mol. The van der Waals surface area contributed by atoms with Gasteiger partial charge in [-0.15, -0.1) is 0 Å². The summed E-state index contributed by atoms with van der Waals surface area (Å²) in [6.07, 6.45) is 0.0264. The summed E-state index contributed by atoms with van der Waals surface area (Å²) in [6.45, 7) is 2.54. The van der Waals surface area contributed by atoms with E-state index >= 15 is 0 Å². The predicted molar refractivity (Wildman–Crippen MR) is 90.8 cm³/mol. The number of fused-ring (bicyclic) bond motifs is 1. The number of rotatable bonds is 6. The highest BCUT2D eigenvalue weighted by molar-refractivity contribution is 5.75. The molecule has 0 radical (unpaired) electrons. The number of carboxylic acids is 1. The molecule has 0 aliphatic heterocycles. The molecule has 1 atom stereocenters. The standard InChI is InChI=1S/C18H19N3O2/c1-12-5-4-6-14(9-12)19-11-13(10-17(22)23)18-20-15-7-2-3-8-16(15)21-18/h2-9,13,19H,10-11H2,1H3,(H,20,21)(H,22,23). The summed E-state index contributed by atoms with van der Waals surface area (Å²) < 4.78 is 0. The van der Waals surface area contributed by atoms with E-state index in [4.69, 9.17) is 0 Å². The van der Waals surface area contributed by atoms with Gasteiger partial charge in [0.2, 0.25) is 0 Å². The highest BCUT2D eigenvalue weighted by Crippen LogP contribution is 2.22. The quantitative estimate of drug-likeness (QED) is 0.651. The number of H-pyrrole nitrogens is 1. The fourth-order valence-corrected chi connectivity index (χ4v) is 2.64. The van der Waals surface area contributed by atoms with Crippen molar-refractivity contribution in [2.75, 3.05) is 11.9 Å². The van der Waals surface area contributed by atoms with Crippen molar-refractivity contribution in [3.05, 3.63) is 59.9 Å². The van der Waals surface area contributed by atoms with Crippen LogP contribution < -0.4 is 5.32 Å². The van der Waals surface area contributed by atoms with Gasteiger partial charge in [-0.1, -0.05) is 24.3 Å². The summed E-state index contributed by atoms with van der Waals surface area (Å²) in [5, 5.41) is 12.5. The third-order valence-corrected chi connectivity index (χ3v) is 3.79. The van der Waals surface area contributed by atoms with E-state index in [0.717, 1.165) is 22.3 Å². The molecule has 3 aromatic rings. The molecule has 0 spiro atoms. The van der Waals surface area contributed by atoms with E-state index in [-0.39, 0.29) is 12.3 Å². The number of aliphatic carboxylic acids is 1. The molecule has 5 nitrogen and oxygen atoms in total. The second kappa shape index (κ2) is 6.52. The highest BCUT2D eigenvalue weighted by atomic mass is 16.4. The summed E-state index contributed by atoms with van der Waals surface area (Å²) in [5.41, 5.74) is 3.92. The van der Waals surface area contributed by atoms with Crippen LogP contribution >= 0.6 is 0 Å². The normalized spacial score (nSPS) is 12.2. The molecule has 0 aliphatic rings. The van der Waals surface area contributed by atoms with Gasteiger partial charge in [-0.05, 0) is 36.8 Å². The van der Waals surface area contributed by atoms with Gasteiger partial charge in [0.05, 0.1) is 17.5 Å². The molecule has 0 amide bonds. The lowest BCUT2D eigenvalue weighted by molar-refractivity contribution is -0.137. The van der Waals surface area contributed by atoms with Crippen LogP contribution in [0.1, 0.15) is 23.7 Å². The number of hydrogen-bond acceptors (Lipinski definition) is 3. The van der Waals surface area contributed by atoms with Gasteiger partial charge in [-0.3, -0.25) is 4.79 Å². The molecule has 118 valence electrons. The lowest BCUT2D eigenvalue weighted by Gasteiger charge is -2.14. The first kappa shape index (κ1) is 15.1. The third-order valence-electron chi connectivity index (χ3n) is 3.79. The minimum absolute atomic E-state index is 0.0264. The van der Waals surface area contributed by atoms with Crippen molar-refractivity contribution in [3.8, 4) is 0 Å². The van der Waals surface area contributed by atoms with E-state index < -0.39 is 5.97 Å². The number of carboxylic acid groups (broad SMARTS) is 1. The van der Waals surface area contributed by atoms with E-state index in [1.807, 2.05) is 55.5 Å². The zero-order chi connectivity index (χ0) is 16.2. The van der Waals surface area contributed by atoms with Gasteiger partial charge < -0.3 is 15.4 Å². The minimum Gasteiger partial charge on any atom is -0.481 e. The number of anilines is 1. The number of aromatic nitrogens is 2. The highest BCUT2D eigenvalue weighted by Gasteiger charge is 2.19. The molecule has 3 rings (SSSR count). The number of aromatic amines is 1. The number of nitrogens with zero attached hydrogens (tertiary/aromatic N) is 1. The molecule has 23 heavy (non-hydrogen) atoms. The fraction of sp³-hybridized carbons (Fsp3) is 0.222. The first-order valence-corrected chi connectivity index (χ1v) is 7.59. The monoisotopic (exact) mass is 309 g/mol. The number of hydrogen-bond donors (Lipinski definition) is 3. The second-order valence-corrected chi connectivity index (χ2v) is 5.68. The summed E-state index contributed by atoms with van der Waals surface area (Å²) in [7, 11) is 0. The Kier molecular flexibility index (Phi) is 4.28. The van der Waals surface area contributed by atoms with Crippen LogP contribution in [-0.2, 0) is 4.79 Å². The maximum Gasteiger partial charge on any atom is 0.304 e. The average molecular weight is 309 g/mol. The van der Waals surface area contributed by atoms with Crippen LogP contribution in [0.5, 0.6) is 0 Å². The zero-order valence-corrected chi connectivity index (χ0v) is 12.9. The van der Waals surface area contributed by atoms with Crippen LogP contribution in [0.3, 0.4) is 0 Å². The Morgan fingerprint density at radius 2 is 2.09 bits per heavy atom. The van der Waals surface area contributed by atoms with Gasteiger partial charge in [-0.2, -0.15) is 0 Å². The first-order valence-electron chi connectivity index (χ1n) is 7.59. The van der Waals surface area contributed by atoms with Gasteiger partial charge in [-0.25, -0.2) is 4.98 Å². The SMILES string of the molecule is Cc1cccc(NCC(CC(=O)O)c2nc3ccccc3[nH]2)c1. The summed E-state index contributed by atoms with van der Waals surface area (Å²) >= 11 is 0. The average Bonchev–Trinajstić information content (AvgIpc) is 2.95. The van der Waals surface area contributed by atoms with Crippen molar-refractivity contribution in [1.29, 1.82) is 0 Å². The summed E-state index contributed by atoms with van der Waals surface area (Å²) in [6, 6.07) is 15.7. The molecule has 1 aromatic heterocycles. The maximum absolute atomic E-state index is 11.2. The lowest BCUT2D eigenvalue weighted by atomic mass is 10.0. The molecule has 0 saturated heterocycles. The van der Waals surface area contributed by atoms with E-state index in [2.05, 4.69) is 15.3 Å². The first-order chi connectivity index (χ1) is 11.1. The smallest absolute Gasteiger partial charge is 0.304 e. The van der Waals surface area contributed by atoms with Crippen molar-refractivity contribution in [3.63, 3.8) is 0 Å². The van der Waals surface area contributed by atoms with Gasteiger partial charge >= 0.3 is 5.97 Å². The van der Waals surface area contributed by atoms with Crippen molar-refractivity contribution in [2.45, 2.75) is 19.3 Å². The van der Waals surface area contributed by atoms with E-state index in [1.165, 1.54) is 0 Å². The minimum atomic E-state index is -0.832. The number of nitrogens with one attached hydrogen (secondary N) is 2. The Labute approximate surface area is 134 Å². The second-order valence-electron chi connectivity index (χ2n) is 5.68. The lowest BCUT2D eigenvalue weighted by Crippen LogP contribution is -2.17. The Bertz CT molecular complexity index is 793. The number of carbonyl (C=O) groups is 1. The molecule has 3 N–H and O–H groups in total. The van der Waals surface area contributed by atoms with E-state index in [0.29, 0.717) is 12.4 Å². The van der Waals surface area contributed by atoms with Crippen LogP contribution in [-0.4, -0.2) is 27.6 Å². The fourth-order valence-electron chi connectivity index (χ4n) is 2.64.